The molecule has 0 radical (unpaired) electrons. The molecule has 0 saturated carbocycles. The van der Waals surface area contributed by atoms with Gasteiger partial charge < -0.3 is 24.1 Å². The van der Waals surface area contributed by atoms with Gasteiger partial charge in [-0.15, -0.1) is 0 Å². The smallest absolute Gasteiger partial charge is 0.335 e. The van der Waals surface area contributed by atoms with Crippen LogP contribution in [-0.2, 0) is 16.0 Å². The highest BCUT2D eigenvalue weighted by atomic mass is 16.5. The first-order valence-corrected chi connectivity index (χ1v) is 11.5. The molecule has 0 heterocycles. The van der Waals surface area contributed by atoms with E-state index in [0.717, 1.165) is 28.6 Å². The van der Waals surface area contributed by atoms with Crippen LogP contribution in [0.2, 0.25) is 0 Å². The van der Waals surface area contributed by atoms with Crippen molar-refractivity contribution in [1.82, 2.24) is 0 Å². The van der Waals surface area contributed by atoms with Gasteiger partial charge in [-0.25, -0.2) is 4.79 Å². The Bertz CT molecular complexity index is 1000. The molecule has 6 nitrogen and oxygen atoms in total. The monoisotopic (exact) mass is 464 g/mol. The molecule has 3 aromatic carbocycles. The molecule has 6 heteroatoms. The molecule has 34 heavy (non-hydrogen) atoms. The van der Waals surface area contributed by atoms with Gasteiger partial charge in [0, 0.05) is 12.8 Å². The Balaban J connectivity index is 1.43. The predicted octanol–water partition coefficient (Wildman–Crippen LogP) is 5.57. The number of carbonyl (C=O) groups is 1. The molecule has 3 aromatic rings. The lowest BCUT2D eigenvalue weighted by Crippen LogP contribution is -2.25. The third-order valence-electron chi connectivity index (χ3n) is 5.05. The van der Waals surface area contributed by atoms with Gasteiger partial charge >= 0.3 is 5.97 Å². The fourth-order valence-electron chi connectivity index (χ4n) is 3.49. The molecule has 0 amide bonds. The number of rotatable bonds is 12. The molecule has 0 spiro atoms. The van der Waals surface area contributed by atoms with E-state index in [2.05, 4.69) is 0 Å². The van der Waals surface area contributed by atoms with Crippen molar-refractivity contribution in [2.45, 2.75) is 51.9 Å². The van der Waals surface area contributed by atoms with Crippen molar-refractivity contribution in [2.24, 2.45) is 0 Å². The lowest BCUT2D eigenvalue weighted by Gasteiger charge is -2.20. The van der Waals surface area contributed by atoms with Crippen LogP contribution < -0.4 is 14.2 Å². The fourth-order valence-corrected chi connectivity index (χ4v) is 3.49. The average Bonchev–Trinajstić information content (AvgIpc) is 2.82. The van der Waals surface area contributed by atoms with E-state index >= 15 is 0 Å². The summed E-state index contributed by atoms with van der Waals surface area (Å²) in [4.78, 5) is 11.6. The summed E-state index contributed by atoms with van der Waals surface area (Å²) in [6.07, 6.45) is -0.371. The molecule has 3 atom stereocenters. The maximum atomic E-state index is 11.6. The van der Waals surface area contributed by atoms with Crippen LogP contribution in [0.15, 0.2) is 78.9 Å². The van der Waals surface area contributed by atoms with E-state index in [1.165, 1.54) is 0 Å². The van der Waals surface area contributed by atoms with Crippen LogP contribution in [0.25, 0.3) is 0 Å². The minimum atomic E-state index is -1.16. The number of benzene rings is 3. The quantitative estimate of drug-likeness (QED) is 0.353. The molecule has 0 fully saturated rings. The first kappa shape index (κ1) is 25.1. The Kier molecular flexibility index (Phi) is 9.35. The second kappa shape index (κ2) is 12.7. The van der Waals surface area contributed by atoms with Crippen LogP contribution in [0, 0.1) is 0 Å². The number of para-hydroxylation sites is 1. The summed E-state index contributed by atoms with van der Waals surface area (Å²) in [7, 11) is 0. The minimum absolute atomic E-state index is 0.0464. The summed E-state index contributed by atoms with van der Waals surface area (Å²) in [6, 6.07) is 24.5. The summed E-state index contributed by atoms with van der Waals surface area (Å²) in [5, 5.41) is 9.89. The summed E-state index contributed by atoms with van der Waals surface area (Å²) in [5.41, 5.74) is 0.831. The maximum Gasteiger partial charge on any atom is 0.335 e. The van der Waals surface area contributed by atoms with Crippen LogP contribution in [-0.4, -0.2) is 36.0 Å². The molecular formula is C28H32O6. The molecule has 1 N–H and O–H groups in total. The molecular weight excluding hydrogens is 432 g/mol. The van der Waals surface area contributed by atoms with Gasteiger partial charge in [-0.05, 0) is 74.9 Å². The zero-order chi connectivity index (χ0) is 24.3. The van der Waals surface area contributed by atoms with E-state index in [4.69, 9.17) is 18.9 Å². The van der Waals surface area contributed by atoms with Crippen LogP contribution in [0.3, 0.4) is 0 Å². The third kappa shape index (κ3) is 8.12. The van der Waals surface area contributed by atoms with E-state index in [0.29, 0.717) is 6.42 Å². The second-order valence-electron chi connectivity index (χ2n) is 8.10. The lowest BCUT2D eigenvalue weighted by atomic mass is 10.1. The minimum Gasteiger partial charge on any atom is -0.491 e. The third-order valence-corrected chi connectivity index (χ3v) is 5.05. The number of hydrogen-bond acceptors (Lipinski definition) is 6. The van der Waals surface area contributed by atoms with Gasteiger partial charge in [0.05, 0.1) is 18.8 Å². The zero-order valence-electron chi connectivity index (χ0n) is 19.8. The summed E-state index contributed by atoms with van der Waals surface area (Å²) in [6.45, 7) is 5.96. The Labute approximate surface area is 201 Å². The van der Waals surface area contributed by atoms with E-state index in [1.807, 2.05) is 92.7 Å². The van der Waals surface area contributed by atoms with Gasteiger partial charge in [0.1, 0.15) is 23.0 Å². The Hall–Kier alpha value is -3.51. The normalized spacial score (nSPS) is 13.4. The topological polar surface area (TPSA) is 74.2 Å². The van der Waals surface area contributed by atoms with Crippen LogP contribution in [0.1, 0.15) is 32.8 Å². The summed E-state index contributed by atoms with van der Waals surface area (Å²) < 4.78 is 22.7. The molecule has 0 aliphatic carbocycles. The van der Waals surface area contributed by atoms with Crippen molar-refractivity contribution in [3.05, 3.63) is 84.4 Å². The number of esters is 1. The fraction of sp³-hybridized carbons (Fsp3) is 0.321. The zero-order valence-corrected chi connectivity index (χ0v) is 19.8. The van der Waals surface area contributed by atoms with Crippen LogP contribution >= 0.6 is 0 Å². The van der Waals surface area contributed by atoms with Crippen molar-refractivity contribution in [2.75, 3.05) is 6.61 Å². The number of aliphatic hydroxyl groups excluding tert-OH is 1. The highest BCUT2D eigenvalue weighted by Gasteiger charge is 2.17. The van der Waals surface area contributed by atoms with E-state index in [-0.39, 0.29) is 25.2 Å². The number of carbonyl (C=O) groups excluding carboxylic acids is 1. The highest BCUT2D eigenvalue weighted by molar-refractivity contribution is 5.74. The molecule has 0 unspecified atom stereocenters. The molecule has 3 rings (SSSR count). The summed E-state index contributed by atoms with van der Waals surface area (Å²) >= 11 is 0. The van der Waals surface area contributed by atoms with Gasteiger partial charge in [-0.1, -0.05) is 30.3 Å². The highest BCUT2D eigenvalue weighted by Crippen LogP contribution is 2.25. The van der Waals surface area contributed by atoms with Gasteiger partial charge in [-0.2, -0.15) is 0 Å². The van der Waals surface area contributed by atoms with Crippen molar-refractivity contribution >= 4 is 5.97 Å². The van der Waals surface area contributed by atoms with Crippen LogP contribution in [0.5, 0.6) is 23.0 Å². The predicted molar refractivity (Wildman–Crippen MR) is 131 cm³/mol. The number of aliphatic hydroxyl groups is 1. The molecule has 0 aromatic heterocycles. The SMILES string of the molecule is CCOC(=O)[C@@H](O)Cc1ccc(O[C@H](C)C[C@@H](C)Oc2ccc(Oc3ccccc3)cc2)cc1. The molecule has 0 aliphatic heterocycles. The Morgan fingerprint density at radius 1 is 0.765 bits per heavy atom. The molecule has 180 valence electrons. The lowest BCUT2D eigenvalue weighted by molar-refractivity contribution is -0.152. The number of hydrogen-bond donors (Lipinski definition) is 1. The van der Waals surface area contributed by atoms with Crippen molar-refractivity contribution in [1.29, 1.82) is 0 Å². The average molecular weight is 465 g/mol. The number of ether oxygens (including phenoxy) is 4. The second-order valence-corrected chi connectivity index (χ2v) is 8.10. The van der Waals surface area contributed by atoms with Crippen LogP contribution in [0.4, 0.5) is 0 Å². The molecule has 0 bridgehead atoms. The molecule has 0 saturated heterocycles. The van der Waals surface area contributed by atoms with E-state index in [1.54, 1.807) is 6.92 Å². The van der Waals surface area contributed by atoms with Crippen molar-refractivity contribution < 1.29 is 28.8 Å². The van der Waals surface area contributed by atoms with Crippen molar-refractivity contribution in [3.8, 4) is 23.0 Å². The largest absolute Gasteiger partial charge is 0.491 e. The Morgan fingerprint density at radius 3 is 1.82 bits per heavy atom. The molecule has 0 aliphatic rings. The van der Waals surface area contributed by atoms with E-state index < -0.39 is 12.1 Å². The first-order chi connectivity index (χ1) is 16.4. The first-order valence-electron chi connectivity index (χ1n) is 11.5. The van der Waals surface area contributed by atoms with Crippen molar-refractivity contribution in [3.63, 3.8) is 0 Å². The van der Waals surface area contributed by atoms with Gasteiger partial charge in [-0.3, -0.25) is 0 Å². The maximum absolute atomic E-state index is 11.6. The van der Waals surface area contributed by atoms with Gasteiger partial charge in [0.2, 0.25) is 0 Å². The van der Waals surface area contributed by atoms with Gasteiger partial charge in [0.15, 0.2) is 6.10 Å². The summed E-state index contributed by atoms with van der Waals surface area (Å²) in [5.74, 6) is 2.42. The van der Waals surface area contributed by atoms with E-state index in [9.17, 15) is 9.90 Å². The van der Waals surface area contributed by atoms with Gasteiger partial charge in [0.25, 0.3) is 0 Å². The Morgan fingerprint density at radius 2 is 1.26 bits per heavy atom. The standard InChI is InChI=1S/C28H32O6/c1-4-31-28(30)27(29)19-22-10-12-24(13-11-22)32-20(2)18-21(3)33-25-14-16-26(17-15-25)34-23-8-6-5-7-9-23/h5-17,20-21,27,29H,4,18-19H2,1-3H3/t20-,21-,27+/m1/s1.